The second kappa shape index (κ2) is 4.40. The molecule has 1 N–H and O–H groups in total. The van der Waals surface area contributed by atoms with Gasteiger partial charge in [0.2, 0.25) is 0 Å². The van der Waals surface area contributed by atoms with Gasteiger partial charge in [-0.15, -0.1) is 0 Å². The second-order valence-electron chi connectivity index (χ2n) is 4.17. The van der Waals surface area contributed by atoms with Gasteiger partial charge in [0.05, 0.1) is 24.9 Å². The van der Waals surface area contributed by atoms with Crippen molar-refractivity contribution in [2.45, 2.75) is 39.1 Å². The molecule has 3 nitrogen and oxygen atoms in total. The molecule has 4 atom stereocenters. The monoisotopic (exact) mass is 188 g/mol. The molecule has 0 saturated carbocycles. The van der Waals surface area contributed by atoms with Gasteiger partial charge in [0.25, 0.3) is 0 Å². The molecule has 1 aliphatic rings. The molecule has 0 amide bonds. The molecular formula is C10H20O3. The first-order chi connectivity index (χ1) is 6.07. The normalized spacial score (nSPS) is 41.1. The van der Waals surface area contributed by atoms with Crippen LogP contribution in [-0.4, -0.2) is 37.1 Å². The molecule has 1 rings (SSSR count). The zero-order chi connectivity index (χ0) is 10.0. The largest absolute Gasteiger partial charge is 0.390 e. The number of aliphatic hydroxyl groups excluding tert-OH is 1. The van der Waals surface area contributed by atoms with Crippen molar-refractivity contribution in [1.82, 2.24) is 0 Å². The Morgan fingerprint density at radius 2 is 2.08 bits per heavy atom. The quantitative estimate of drug-likeness (QED) is 0.704. The van der Waals surface area contributed by atoms with Crippen LogP contribution in [0.25, 0.3) is 0 Å². The standard InChI is InChI=1S/C10H20O3/c1-6(2)9-10(12-4)7(3)8(11)5-13-9/h6-11H,5H2,1-4H3/t7-,8+,9?,10+/m0/s1. The molecule has 0 aromatic rings. The predicted octanol–water partition coefficient (Wildman–Crippen LogP) is 1.05. The summed E-state index contributed by atoms with van der Waals surface area (Å²) >= 11 is 0. The average molecular weight is 188 g/mol. The Labute approximate surface area is 80.0 Å². The Morgan fingerprint density at radius 3 is 2.54 bits per heavy atom. The number of rotatable bonds is 2. The number of methoxy groups -OCH3 is 1. The van der Waals surface area contributed by atoms with Crippen molar-refractivity contribution in [2.24, 2.45) is 11.8 Å². The number of hydrogen-bond acceptors (Lipinski definition) is 3. The zero-order valence-corrected chi connectivity index (χ0v) is 8.86. The highest BCUT2D eigenvalue weighted by atomic mass is 16.5. The van der Waals surface area contributed by atoms with Crippen molar-refractivity contribution in [2.75, 3.05) is 13.7 Å². The molecular weight excluding hydrogens is 168 g/mol. The molecule has 1 unspecified atom stereocenters. The molecule has 1 heterocycles. The minimum Gasteiger partial charge on any atom is -0.390 e. The minimum absolute atomic E-state index is 0.0174. The van der Waals surface area contributed by atoms with E-state index in [1.165, 1.54) is 0 Å². The van der Waals surface area contributed by atoms with E-state index in [2.05, 4.69) is 13.8 Å². The maximum absolute atomic E-state index is 9.57. The van der Waals surface area contributed by atoms with E-state index in [0.29, 0.717) is 12.5 Å². The second-order valence-corrected chi connectivity index (χ2v) is 4.17. The van der Waals surface area contributed by atoms with E-state index in [1.54, 1.807) is 7.11 Å². The maximum atomic E-state index is 9.57. The Kier molecular flexibility index (Phi) is 3.71. The van der Waals surface area contributed by atoms with Crippen molar-refractivity contribution in [1.29, 1.82) is 0 Å². The highest BCUT2D eigenvalue weighted by Gasteiger charge is 2.38. The molecule has 1 fully saturated rings. The van der Waals surface area contributed by atoms with Crippen LogP contribution in [0.2, 0.25) is 0 Å². The topological polar surface area (TPSA) is 38.7 Å². The molecule has 0 aromatic heterocycles. The van der Waals surface area contributed by atoms with Gasteiger partial charge in [-0.05, 0) is 5.92 Å². The van der Waals surface area contributed by atoms with Crippen molar-refractivity contribution < 1.29 is 14.6 Å². The van der Waals surface area contributed by atoms with Crippen LogP contribution in [0.15, 0.2) is 0 Å². The fraction of sp³-hybridized carbons (Fsp3) is 1.00. The maximum Gasteiger partial charge on any atom is 0.0886 e. The lowest BCUT2D eigenvalue weighted by molar-refractivity contribution is -0.177. The third kappa shape index (κ3) is 2.22. The van der Waals surface area contributed by atoms with Crippen LogP contribution in [0, 0.1) is 11.8 Å². The molecule has 0 spiro atoms. The summed E-state index contributed by atoms with van der Waals surface area (Å²) in [6, 6.07) is 0. The lowest BCUT2D eigenvalue weighted by Gasteiger charge is -2.40. The smallest absolute Gasteiger partial charge is 0.0886 e. The Balaban J connectivity index is 2.66. The number of ether oxygens (including phenoxy) is 2. The molecule has 1 saturated heterocycles. The molecule has 3 heteroatoms. The van der Waals surface area contributed by atoms with Gasteiger partial charge in [-0.2, -0.15) is 0 Å². The summed E-state index contributed by atoms with van der Waals surface area (Å²) in [4.78, 5) is 0. The first-order valence-corrected chi connectivity index (χ1v) is 4.90. The van der Waals surface area contributed by atoms with Gasteiger partial charge in [-0.3, -0.25) is 0 Å². The summed E-state index contributed by atoms with van der Waals surface area (Å²) in [6.07, 6.45) is -0.257. The van der Waals surface area contributed by atoms with Gasteiger partial charge >= 0.3 is 0 Å². The van der Waals surface area contributed by atoms with E-state index in [4.69, 9.17) is 9.47 Å². The third-order valence-corrected chi connectivity index (χ3v) is 2.84. The van der Waals surface area contributed by atoms with Crippen molar-refractivity contribution in [3.63, 3.8) is 0 Å². The fourth-order valence-corrected chi connectivity index (χ4v) is 1.90. The SMILES string of the molecule is CO[C@H]1C(C(C)C)OC[C@@H](O)[C@@H]1C. The molecule has 0 aromatic carbocycles. The fourth-order valence-electron chi connectivity index (χ4n) is 1.90. The van der Waals surface area contributed by atoms with Crippen LogP contribution < -0.4 is 0 Å². The molecule has 0 aliphatic carbocycles. The summed E-state index contributed by atoms with van der Waals surface area (Å²) in [6.45, 7) is 6.67. The van der Waals surface area contributed by atoms with Gasteiger partial charge in [0.15, 0.2) is 0 Å². The summed E-state index contributed by atoms with van der Waals surface area (Å²) in [7, 11) is 1.68. The molecule has 0 bridgehead atoms. The Bertz CT molecular complexity index is 158. The van der Waals surface area contributed by atoms with Crippen LogP contribution in [-0.2, 0) is 9.47 Å². The van der Waals surface area contributed by atoms with Crippen LogP contribution in [0.5, 0.6) is 0 Å². The lowest BCUT2D eigenvalue weighted by atomic mass is 9.87. The molecule has 78 valence electrons. The van der Waals surface area contributed by atoms with E-state index in [-0.39, 0.29) is 24.2 Å². The summed E-state index contributed by atoms with van der Waals surface area (Å²) in [5, 5.41) is 9.57. The molecule has 0 radical (unpaired) electrons. The number of hydrogen-bond donors (Lipinski definition) is 1. The number of aliphatic hydroxyl groups is 1. The van der Waals surface area contributed by atoms with Crippen LogP contribution >= 0.6 is 0 Å². The lowest BCUT2D eigenvalue weighted by Crippen LogP contribution is -2.50. The van der Waals surface area contributed by atoms with Gasteiger partial charge in [0, 0.05) is 13.0 Å². The summed E-state index contributed by atoms with van der Waals surface area (Å²) < 4.78 is 10.9. The van der Waals surface area contributed by atoms with E-state index < -0.39 is 0 Å². The van der Waals surface area contributed by atoms with Crippen LogP contribution in [0.4, 0.5) is 0 Å². The zero-order valence-electron chi connectivity index (χ0n) is 8.86. The first kappa shape index (κ1) is 11.0. The Morgan fingerprint density at radius 1 is 1.46 bits per heavy atom. The minimum atomic E-state index is -0.389. The Hall–Kier alpha value is -0.120. The van der Waals surface area contributed by atoms with Gasteiger partial charge < -0.3 is 14.6 Å². The van der Waals surface area contributed by atoms with Crippen LogP contribution in [0.1, 0.15) is 20.8 Å². The highest BCUT2D eigenvalue weighted by molar-refractivity contribution is 4.86. The predicted molar refractivity (Wildman–Crippen MR) is 50.5 cm³/mol. The van der Waals surface area contributed by atoms with E-state index in [1.807, 2.05) is 6.92 Å². The van der Waals surface area contributed by atoms with E-state index >= 15 is 0 Å². The average Bonchev–Trinajstić information content (AvgIpc) is 2.09. The molecule has 1 aliphatic heterocycles. The van der Waals surface area contributed by atoms with Gasteiger partial charge in [0.1, 0.15) is 0 Å². The third-order valence-electron chi connectivity index (χ3n) is 2.84. The van der Waals surface area contributed by atoms with E-state index in [9.17, 15) is 5.11 Å². The summed E-state index contributed by atoms with van der Waals surface area (Å²) in [5.74, 6) is 0.589. The van der Waals surface area contributed by atoms with Crippen LogP contribution in [0.3, 0.4) is 0 Å². The van der Waals surface area contributed by atoms with Crippen molar-refractivity contribution in [3.05, 3.63) is 0 Å². The molecule has 13 heavy (non-hydrogen) atoms. The van der Waals surface area contributed by atoms with E-state index in [0.717, 1.165) is 0 Å². The van der Waals surface area contributed by atoms with Gasteiger partial charge in [-0.25, -0.2) is 0 Å². The first-order valence-electron chi connectivity index (χ1n) is 4.90. The van der Waals surface area contributed by atoms with Gasteiger partial charge in [-0.1, -0.05) is 20.8 Å². The van der Waals surface area contributed by atoms with Crippen molar-refractivity contribution >= 4 is 0 Å². The highest BCUT2D eigenvalue weighted by Crippen LogP contribution is 2.27. The summed E-state index contributed by atoms with van der Waals surface area (Å²) in [5.41, 5.74) is 0. The van der Waals surface area contributed by atoms with Crippen molar-refractivity contribution in [3.8, 4) is 0 Å².